The van der Waals surface area contributed by atoms with Crippen molar-refractivity contribution < 1.29 is 19.2 Å². The molecule has 0 aliphatic heterocycles. The number of halogens is 1. The molecule has 0 atom stereocenters. The van der Waals surface area contributed by atoms with E-state index < -0.39 is 17.5 Å². The molecule has 0 spiro atoms. The first kappa shape index (κ1) is 11.2. The number of hydrogen-bond acceptors (Lipinski definition) is 5. The Kier molecular flexibility index (Phi) is 3.99. The number of alkyl halides is 1. The van der Waals surface area contributed by atoms with Crippen LogP contribution in [0.4, 0.5) is 0 Å². The number of carbonyl (C=O) groups is 2. The van der Waals surface area contributed by atoms with Crippen LogP contribution in [0.2, 0.25) is 0 Å². The van der Waals surface area contributed by atoms with E-state index in [1.807, 2.05) is 0 Å². The van der Waals surface area contributed by atoms with Gasteiger partial charge in [0.25, 0.3) is 0 Å². The summed E-state index contributed by atoms with van der Waals surface area (Å²) in [5, 5.41) is 0. The van der Waals surface area contributed by atoms with Crippen molar-refractivity contribution in [3.63, 3.8) is 0 Å². The fraction of sp³-hybridized carbons (Fsp3) is 0.667. The van der Waals surface area contributed by atoms with Crippen LogP contribution in [0.5, 0.6) is 0 Å². The number of nitrogens with two attached hydrogens (primary N) is 1. The van der Waals surface area contributed by atoms with Gasteiger partial charge in [-0.1, -0.05) is 0 Å². The van der Waals surface area contributed by atoms with E-state index in [1.165, 1.54) is 13.8 Å². The zero-order valence-corrected chi connectivity index (χ0v) is 7.55. The van der Waals surface area contributed by atoms with Crippen LogP contribution in [0.1, 0.15) is 13.8 Å². The molecule has 0 aromatic rings. The maximum atomic E-state index is 10.8. The highest BCUT2D eigenvalue weighted by Crippen LogP contribution is 2.10. The molecule has 6 heteroatoms. The number of esters is 1. The molecule has 0 bridgehead atoms. The first-order chi connectivity index (χ1) is 5.44. The van der Waals surface area contributed by atoms with Gasteiger partial charge < -0.3 is 9.57 Å². The van der Waals surface area contributed by atoms with Crippen molar-refractivity contribution >= 4 is 23.5 Å². The van der Waals surface area contributed by atoms with Crippen molar-refractivity contribution in [2.45, 2.75) is 19.4 Å². The van der Waals surface area contributed by atoms with Gasteiger partial charge in [-0.2, -0.15) is 5.90 Å². The maximum absolute atomic E-state index is 10.8. The van der Waals surface area contributed by atoms with Crippen LogP contribution < -0.4 is 5.90 Å². The molecular formula is C6H10ClNO4. The molecule has 0 aliphatic rings. The largest absolute Gasteiger partial charge is 0.447 e. The van der Waals surface area contributed by atoms with Crippen LogP contribution in [0, 0.1) is 0 Å². The predicted octanol–water partition coefficient (Wildman–Crippen LogP) is -0.0361. The van der Waals surface area contributed by atoms with Crippen molar-refractivity contribution in [1.29, 1.82) is 0 Å². The van der Waals surface area contributed by atoms with Gasteiger partial charge >= 0.3 is 11.9 Å². The zero-order chi connectivity index (χ0) is 9.78. The Morgan fingerprint density at radius 3 is 2.33 bits per heavy atom. The molecule has 0 saturated carbocycles. The fourth-order valence-corrected chi connectivity index (χ4v) is 0.550. The highest BCUT2D eigenvalue weighted by Gasteiger charge is 2.33. The Labute approximate surface area is 74.7 Å². The SMILES string of the molecule is CC(C)(OC(=O)CCl)C(=O)ON. The number of rotatable bonds is 3. The second-order valence-corrected chi connectivity index (χ2v) is 2.79. The molecule has 0 radical (unpaired) electrons. The van der Waals surface area contributed by atoms with Gasteiger partial charge in [0, 0.05) is 0 Å². The molecule has 0 fully saturated rings. The van der Waals surface area contributed by atoms with E-state index in [1.54, 1.807) is 0 Å². The molecule has 0 rings (SSSR count). The minimum Gasteiger partial charge on any atom is -0.447 e. The Morgan fingerprint density at radius 2 is 2.00 bits per heavy atom. The van der Waals surface area contributed by atoms with E-state index in [-0.39, 0.29) is 5.88 Å². The van der Waals surface area contributed by atoms with Crippen molar-refractivity contribution in [3.05, 3.63) is 0 Å². The van der Waals surface area contributed by atoms with Crippen LogP contribution in [0.3, 0.4) is 0 Å². The molecule has 0 heterocycles. The first-order valence-electron chi connectivity index (χ1n) is 3.13. The Bertz CT molecular complexity index is 192. The summed E-state index contributed by atoms with van der Waals surface area (Å²) in [6, 6.07) is 0. The Morgan fingerprint density at radius 1 is 1.50 bits per heavy atom. The van der Waals surface area contributed by atoms with Gasteiger partial charge in [-0.05, 0) is 13.8 Å². The molecule has 12 heavy (non-hydrogen) atoms. The van der Waals surface area contributed by atoms with E-state index in [0.717, 1.165) is 0 Å². The van der Waals surface area contributed by atoms with Gasteiger partial charge in [-0.15, -0.1) is 11.6 Å². The minimum atomic E-state index is -1.39. The zero-order valence-electron chi connectivity index (χ0n) is 6.80. The summed E-state index contributed by atoms with van der Waals surface area (Å²) >= 11 is 5.15. The van der Waals surface area contributed by atoms with Crippen molar-refractivity contribution in [1.82, 2.24) is 0 Å². The predicted molar refractivity (Wildman–Crippen MR) is 41.2 cm³/mol. The number of carbonyl (C=O) groups excluding carboxylic acids is 2. The third kappa shape index (κ3) is 3.06. The van der Waals surface area contributed by atoms with E-state index >= 15 is 0 Å². The average Bonchev–Trinajstić information content (AvgIpc) is 2.02. The van der Waals surface area contributed by atoms with Gasteiger partial charge in [0.2, 0.25) is 5.60 Å². The lowest BCUT2D eigenvalue weighted by Crippen LogP contribution is -2.40. The van der Waals surface area contributed by atoms with E-state index in [4.69, 9.17) is 11.6 Å². The van der Waals surface area contributed by atoms with Crippen molar-refractivity contribution in [2.75, 3.05) is 5.88 Å². The molecule has 0 unspecified atom stereocenters. The van der Waals surface area contributed by atoms with Crippen LogP contribution in [0.25, 0.3) is 0 Å². The summed E-state index contributed by atoms with van der Waals surface area (Å²) in [4.78, 5) is 25.4. The van der Waals surface area contributed by atoms with E-state index in [9.17, 15) is 9.59 Å². The van der Waals surface area contributed by atoms with Gasteiger partial charge in [0.15, 0.2) is 0 Å². The molecular weight excluding hydrogens is 186 g/mol. The lowest BCUT2D eigenvalue weighted by atomic mass is 10.1. The van der Waals surface area contributed by atoms with Gasteiger partial charge in [-0.3, -0.25) is 4.79 Å². The molecule has 2 N–H and O–H groups in total. The van der Waals surface area contributed by atoms with E-state index in [2.05, 4.69) is 15.5 Å². The summed E-state index contributed by atoms with van der Waals surface area (Å²) in [5.41, 5.74) is -1.39. The molecule has 0 aromatic carbocycles. The summed E-state index contributed by atoms with van der Waals surface area (Å²) < 4.78 is 4.61. The van der Waals surface area contributed by atoms with E-state index in [0.29, 0.717) is 0 Å². The molecule has 0 aliphatic carbocycles. The molecule has 5 nitrogen and oxygen atoms in total. The van der Waals surface area contributed by atoms with Crippen LogP contribution in [0.15, 0.2) is 0 Å². The molecule has 0 aromatic heterocycles. The maximum Gasteiger partial charge on any atom is 0.368 e. The van der Waals surface area contributed by atoms with Gasteiger partial charge in [0.1, 0.15) is 5.88 Å². The number of hydrogen-bond donors (Lipinski definition) is 1. The molecule has 70 valence electrons. The van der Waals surface area contributed by atoms with Crippen LogP contribution in [-0.2, 0) is 19.2 Å². The average molecular weight is 196 g/mol. The number of ether oxygens (including phenoxy) is 1. The lowest BCUT2D eigenvalue weighted by Gasteiger charge is -2.20. The standard InChI is InChI=1S/C6H10ClNO4/c1-6(2,5(10)12-8)11-4(9)3-7/h3,8H2,1-2H3. The smallest absolute Gasteiger partial charge is 0.368 e. The Hall–Kier alpha value is -0.810. The highest BCUT2D eigenvalue weighted by molar-refractivity contribution is 6.26. The topological polar surface area (TPSA) is 78.6 Å². The second-order valence-electron chi connectivity index (χ2n) is 2.52. The quantitative estimate of drug-likeness (QED) is 0.389. The summed E-state index contributed by atoms with van der Waals surface area (Å²) in [6.45, 7) is 2.71. The fourth-order valence-electron chi connectivity index (χ4n) is 0.495. The highest BCUT2D eigenvalue weighted by atomic mass is 35.5. The molecule has 0 saturated heterocycles. The summed E-state index contributed by atoms with van der Waals surface area (Å²) in [5.74, 6) is 2.75. The summed E-state index contributed by atoms with van der Waals surface area (Å²) in [6.07, 6.45) is 0. The molecule has 0 amide bonds. The van der Waals surface area contributed by atoms with Gasteiger partial charge in [0.05, 0.1) is 0 Å². The van der Waals surface area contributed by atoms with Crippen molar-refractivity contribution in [2.24, 2.45) is 5.90 Å². The normalized spacial score (nSPS) is 10.7. The van der Waals surface area contributed by atoms with Crippen molar-refractivity contribution in [3.8, 4) is 0 Å². The van der Waals surface area contributed by atoms with Gasteiger partial charge in [-0.25, -0.2) is 4.79 Å². The second kappa shape index (κ2) is 4.27. The Balaban J connectivity index is 4.21. The third-order valence-electron chi connectivity index (χ3n) is 1.08. The monoisotopic (exact) mass is 195 g/mol. The van der Waals surface area contributed by atoms with Crippen LogP contribution >= 0.6 is 11.6 Å². The minimum absolute atomic E-state index is 0.318. The first-order valence-corrected chi connectivity index (χ1v) is 3.66. The third-order valence-corrected chi connectivity index (χ3v) is 1.29. The summed E-state index contributed by atoms with van der Waals surface area (Å²) in [7, 11) is 0. The van der Waals surface area contributed by atoms with Crippen LogP contribution in [-0.4, -0.2) is 23.4 Å². The lowest BCUT2D eigenvalue weighted by molar-refractivity contribution is -0.177.